The molecule has 2 aromatic heterocycles. The predicted octanol–water partition coefficient (Wildman–Crippen LogP) is 1.37. The van der Waals surface area contributed by atoms with Gasteiger partial charge in [0.25, 0.3) is 0 Å². The first kappa shape index (κ1) is 9.64. The molecule has 78 valence electrons. The molecular weight excluding hydrogens is 190 g/mol. The Kier molecular flexibility index (Phi) is 2.62. The number of nitrogen functional groups attached to an aromatic ring is 1. The summed E-state index contributed by atoms with van der Waals surface area (Å²) in [5.41, 5.74) is 6.48. The summed E-state index contributed by atoms with van der Waals surface area (Å²) in [7, 11) is 0. The number of anilines is 1. The average Bonchev–Trinajstić information content (AvgIpc) is 2.64. The van der Waals surface area contributed by atoms with Crippen LogP contribution in [0.15, 0.2) is 24.7 Å². The van der Waals surface area contributed by atoms with E-state index in [4.69, 9.17) is 5.73 Å². The maximum Gasteiger partial charge on any atom is 0.163 e. The summed E-state index contributed by atoms with van der Waals surface area (Å²) in [5, 5.41) is 5.02. The van der Waals surface area contributed by atoms with Crippen molar-refractivity contribution in [3.63, 3.8) is 0 Å². The number of nitrogens with two attached hydrogens (primary N) is 1. The molecule has 15 heavy (non-hydrogen) atoms. The zero-order chi connectivity index (χ0) is 10.7. The molecule has 5 heteroatoms. The lowest BCUT2D eigenvalue weighted by Crippen LogP contribution is -1.99. The maximum absolute atomic E-state index is 5.70. The highest BCUT2D eigenvalue weighted by Crippen LogP contribution is 2.14. The summed E-state index contributed by atoms with van der Waals surface area (Å²) >= 11 is 0. The summed E-state index contributed by atoms with van der Waals surface area (Å²) in [6, 6.07) is 0. The zero-order valence-electron chi connectivity index (χ0n) is 8.59. The largest absolute Gasteiger partial charge is 0.383 e. The molecule has 2 heterocycles. The monoisotopic (exact) mass is 203 g/mol. The summed E-state index contributed by atoms with van der Waals surface area (Å²) < 4.78 is 1.81. The zero-order valence-corrected chi connectivity index (χ0v) is 8.59. The molecule has 0 bridgehead atoms. The fourth-order valence-corrected chi connectivity index (χ4v) is 1.39. The van der Waals surface area contributed by atoms with Crippen LogP contribution in [0.5, 0.6) is 0 Å². The van der Waals surface area contributed by atoms with Crippen molar-refractivity contribution in [1.29, 1.82) is 0 Å². The van der Waals surface area contributed by atoms with Gasteiger partial charge in [-0.25, -0.2) is 14.6 Å². The van der Waals surface area contributed by atoms with Crippen molar-refractivity contribution in [2.24, 2.45) is 0 Å². The van der Waals surface area contributed by atoms with Crippen LogP contribution in [0.3, 0.4) is 0 Å². The summed E-state index contributed by atoms with van der Waals surface area (Å²) in [6.45, 7) is 2.81. The van der Waals surface area contributed by atoms with Gasteiger partial charge in [0.15, 0.2) is 5.65 Å². The molecule has 0 saturated heterocycles. The highest BCUT2D eigenvalue weighted by atomic mass is 15.3. The van der Waals surface area contributed by atoms with Crippen molar-refractivity contribution in [1.82, 2.24) is 19.7 Å². The first-order valence-corrected chi connectivity index (χ1v) is 4.90. The number of hydrogen-bond donors (Lipinski definition) is 1. The molecule has 2 N–H and O–H groups in total. The molecule has 2 rings (SSSR count). The maximum atomic E-state index is 5.70. The van der Waals surface area contributed by atoms with E-state index in [2.05, 4.69) is 34.1 Å². The molecule has 0 aliphatic rings. The number of allylic oxidation sites excluding steroid dienone is 2. The molecule has 0 fully saturated rings. The Morgan fingerprint density at radius 3 is 3.07 bits per heavy atom. The smallest absolute Gasteiger partial charge is 0.163 e. The van der Waals surface area contributed by atoms with Gasteiger partial charge >= 0.3 is 0 Å². The topological polar surface area (TPSA) is 69.6 Å². The van der Waals surface area contributed by atoms with Crippen LogP contribution in [0.1, 0.15) is 13.3 Å². The molecule has 0 aliphatic carbocycles. The van der Waals surface area contributed by atoms with Crippen molar-refractivity contribution in [2.45, 2.75) is 19.9 Å². The molecule has 5 nitrogen and oxygen atoms in total. The molecular formula is C10H13N5. The first-order valence-electron chi connectivity index (χ1n) is 4.90. The fraction of sp³-hybridized carbons (Fsp3) is 0.300. The lowest BCUT2D eigenvalue weighted by molar-refractivity contribution is 0.717. The highest BCUT2D eigenvalue weighted by Gasteiger charge is 2.05. The van der Waals surface area contributed by atoms with E-state index in [-0.39, 0.29) is 0 Å². The van der Waals surface area contributed by atoms with E-state index in [9.17, 15) is 0 Å². The third-order valence-electron chi connectivity index (χ3n) is 2.15. The third kappa shape index (κ3) is 1.81. The molecule has 0 aromatic carbocycles. The normalized spacial score (nSPS) is 11.5. The second-order valence-corrected chi connectivity index (χ2v) is 3.20. The summed E-state index contributed by atoms with van der Waals surface area (Å²) in [6.07, 6.45) is 8.34. The lowest BCUT2D eigenvalue weighted by atomic mass is 10.4. The minimum absolute atomic E-state index is 0.478. The number of rotatable bonds is 3. The molecule has 2 aromatic rings. The minimum Gasteiger partial charge on any atom is -0.383 e. The van der Waals surface area contributed by atoms with Crippen LogP contribution in [-0.4, -0.2) is 19.7 Å². The van der Waals surface area contributed by atoms with Crippen LogP contribution in [0, 0.1) is 0 Å². The highest BCUT2D eigenvalue weighted by molar-refractivity contribution is 5.84. The van der Waals surface area contributed by atoms with Gasteiger partial charge in [-0.1, -0.05) is 19.1 Å². The second kappa shape index (κ2) is 4.08. The summed E-state index contributed by atoms with van der Waals surface area (Å²) in [4.78, 5) is 8.07. The van der Waals surface area contributed by atoms with E-state index in [0.717, 1.165) is 17.5 Å². The minimum atomic E-state index is 0.478. The Labute approximate surface area is 87.6 Å². The van der Waals surface area contributed by atoms with E-state index in [1.807, 2.05) is 0 Å². The average molecular weight is 203 g/mol. The number of hydrogen-bond acceptors (Lipinski definition) is 4. The van der Waals surface area contributed by atoms with E-state index in [1.165, 1.54) is 6.33 Å². The van der Waals surface area contributed by atoms with Gasteiger partial charge in [0.2, 0.25) is 0 Å². The molecule has 0 amide bonds. The molecule has 0 spiro atoms. The molecule has 0 radical (unpaired) electrons. The molecule has 0 saturated carbocycles. The molecule has 0 atom stereocenters. The quantitative estimate of drug-likeness (QED) is 0.765. The third-order valence-corrected chi connectivity index (χ3v) is 2.15. The van der Waals surface area contributed by atoms with Crippen molar-refractivity contribution in [3.8, 4) is 0 Å². The van der Waals surface area contributed by atoms with Crippen molar-refractivity contribution >= 4 is 16.9 Å². The van der Waals surface area contributed by atoms with Crippen LogP contribution in [0.4, 0.5) is 5.82 Å². The van der Waals surface area contributed by atoms with Gasteiger partial charge in [0.05, 0.1) is 18.1 Å². The van der Waals surface area contributed by atoms with Crippen LogP contribution in [-0.2, 0) is 6.54 Å². The predicted molar refractivity (Wildman–Crippen MR) is 59.2 cm³/mol. The van der Waals surface area contributed by atoms with Crippen LogP contribution in [0.25, 0.3) is 11.0 Å². The van der Waals surface area contributed by atoms with Gasteiger partial charge in [-0.05, 0) is 6.42 Å². The van der Waals surface area contributed by atoms with Crippen LogP contribution < -0.4 is 5.73 Å². The van der Waals surface area contributed by atoms with E-state index in [1.54, 1.807) is 10.9 Å². The number of aromatic nitrogens is 4. The van der Waals surface area contributed by atoms with Gasteiger partial charge in [-0.2, -0.15) is 5.10 Å². The Balaban J connectivity index is 2.37. The van der Waals surface area contributed by atoms with Gasteiger partial charge in [-0.3, -0.25) is 0 Å². The van der Waals surface area contributed by atoms with Crippen molar-refractivity contribution < 1.29 is 0 Å². The first-order chi connectivity index (χ1) is 7.33. The Bertz CT molecular complexity index is 486. The van der Waals surface area contributed by atoms with Crippen LogP contribution in [0.2, 0.25) is 0 Å². The van der Waals surface area contributed by atoms with Gasteiger partial charge in [-0.15, -0.1) is 0 Å². The van der Waals surface area contributed by atoms with Gasteiger partial charge < -0.3 is 5.73 Å². The van der Waals surface area contributed by atoms with E-state index in [0.29, 0.717) is 12.4 Å². The Morgan fingerprint density at radius 2 is 2.27 bits per heavy atom. The van der Waals surface area contributed by atoms with Crippen LogP contribution >= 0.6 is 0 Å². The van der Waals surface area contributed by atoms with Gasteiger partial charge in [0.1, 0.15) is 12.1 Å². The summed E-state index contributed by atoms with van der Waals surface area (Å²) in [5.74, 6) is 0.478. The van der Waals surface area contributed by atoms with Gasteiger partial charge in [0, 0.05) is 0 Å². The van der Waals surface area contributed by atoms with Crippen molar-refractivity contribution in [3.05, 3.63) is 24.7 Å². The second-order valence-electron chi connectivity index (χ2n) is 3.20. The standard InChI is InChI=1S/C10H13N5/c1-2-3-4-5-15-10-8(6-14-15)9(11)12-7-13-10/h3-4,6-7H,2,5H2,1H3,(H2,11,12,13)/b4-3-. The number of nitrogens with zero attached hydrogens (tertiary/aromatic N) is 4. The number of fused-ring (bicyclic) bond motifs is 1. The SMILES string of the molecule is CC/C=C\Cn1ncc2c(N)ncnc21. The van der Waals surface area contributed by atoms with E-state index < -0.39 is 0 Å². The lowest BCUT2D eigenvalue weighted by Gasteiger charge is -1.98. The van der Waals surface area contributed by atoms with E-state index >= 15 is 0 Å². The van der Waals surface area contributed by atoms with Crippen molar-refractivity contribution in [2.75, 3.05) is 5.73 Å². The Hall–Kier alpha value is -1.91. The fourth-order valence-electron chi connectivity index (χ4n) is 1.39. The Morgan fingerprint density at radius 1 is 1.40 bits per heavy atom. The molecule has 0 unspecified atom stereocenters. The molecule has 0 aliphatic heterocycles.